The van der Waals surface area contributed by atoms with Gasteiger partial charge in [-0.05, 0) is 73.9 Å². The quantitative estimate of drug-likeness (QED) is 0.283. The number of carboxylic acid groups (broad SMARTS) is 1. The molecule has 3 aromatic carbocycles. The molecule has 1 aliphatic rings. The van der Waals surface area contributed by atoms with Crippen molar-refractivity contribution >= 4 is 22.6 Å². The van der Waals surface area contributed by atoms with Crippen molar-refractivity contribution in [2.45, 2.75) is 50.7 Å². The molecule has 10 heteroatoms. The SMILES string of the molecule is CC1(C(O)c2ccc(C#N)cc2)CC(c2ccc3c(=O)n(-c4ccc(F)cc4)c(CCCCC(=O)O)nc3c2)=NO1. The number of hydrogen-bond donors (Lipinski definition) is 2. The number of aliphatic carboxylic acids is 1. The number of rotatable bonds is 9. The van der Waals surface area contributed by atoms with Crippen molar-refractivity contribution in [1.82, 2.24) is 9.55 Å². The Morgan fingerprint density at radius 2 is 1.88 bits per heavy atom. The molecule has 0 aliphatic carbocycles. The van der Waals surface area contributed by atoms with Gasteiger partial charge in [0.25, 0.3) is 5.56 Å². The van der Waals surface area contributed by atoms with E-state index in [9.17, 15) is 19.1 Å². The zero-order valence-corrected chi connectivity index (χ0v) is 22.2. The van der Waals surface area contributed by atoms with Crippen LogP contribution < -0.4 is 5.56 Å². The smallest absolute Gasteiger partial charge is 0.303 e. The molecule has 0 amide bonds. The maximum Gasteiger partial charge on any atom is 0.303 e. The molecule has 2 atom stereocenters. The lowest BCUT2D eigenvalue weighted by Crippen LogP contribution is -2.33. The highest BCUT2D eigenvalue weighted by Gasteiger charge is 2.42. The number of halogens is 1. The second-order valence-electron chi connectivity index (χ2n) is 10.2. The molecule has 0 spiro atoms. The largest absolute Gasteiger partial charge is 0.481 e. The number of aryl methyl sites for hydroxylation is 1. The van der Waals surface area contributed by atoms with Crippen LogP contribution in [0.4, 0.5) is 4.39 Å². The van der Waals surface area contributed by atoms with E-state index in [1.54, 1.807) is 49.4 Å². The third-order valence-corrected chi connectivity index (χ3v) is 7.21. The Bertz CT molecular complexity index is 1740. The van der Waals surface area contributed by atoms with Crippen molar-refractivity contribution in [2.24, 2.45) is 5.16 Å². The van der Waals surface area contributed by atoms with E-state index in [4.69, 9.17) is 20.2 Å². The standard InChI is InChI=1S/C31H27FN4O5/c1-31(29(39)20-8-6-19(18-33)7-9-20)17-26(35-41-31)21-10-15-24-25(16-21)34-27(4-2-3-5-28(37)38)36(30(24)40)23-13-11-22(32)12-14-23/h6-16,29,39H,2-5,17H2,1H3,(H,37,38). The van der Waals surface area contributed by atoms with Crippen LogP contribution in [0, 0.1) is 17.1 Å². The van der Waals surface area contributed by atoms with E-state index in [2.05, 4.69) is 11.2 Å². The van der Waals surface area contributed by atoms with Crippen LogP contribution in [-0.4, -0.2) is 37.0 Å². The molecule has 1 aromatic heterocycles. The fourth-order valence-electron chi connectivity index (χ4n) is 4.94. The minimum Gasteiger partial charge on any atom is -0.481 e. The lowest BCUT2D eigenvalue weighted by atomic mass is 9.87. The zero-order valence-electron chi connectivity index (χ0n) is 22.2. The highest BCUT2D eigenvalue weighted by molar-refractivity contribution is 6.04. The number of aromatic nitrogens is 2. The van der Waals surface area contributed by atoms with Crippen molar-refractivity contribution in [3.8, 4) is 11.8 Å². The second kappa shape index (κ2) is 11.3. The Morgan fingerprint density at radius 3 is 2.56 bits per heavy atom. The van der Waals surface area contributed by atoms with Gasteiger partial charge in [0.2, 0.25) is 0 Å². The molecule has 0 radical (unpaired) electrons. The summed E-state index contributed by atoms with van der Waals surface area (Å²) in [4.78, 5) is 35.1. The first kappa shape index (κ1) is 27.7. The minimum atomic E-state index is -1.05. The lowest BCUT2D eigenvalue weighted by molar-refractivity contribution is -0.137. The van der Waals surface area contributed by atoms with Gasteiger partial charge in [0.1, 0.15) is 17.7 Å². The first-order valence-electron chi connectivity index (χ1n) is 13.2. The van der Waals surface area contributed by atoms with Gasteiger partial charge in [-0.2, -0.15) is 5.26 Å². The van der Waals surface area contributed by atoms with Gasteiger partial charge in [-0.15, -0.1) is 0 Å². The molecule has 4 aromatic rings. The van der Waals surface area contributed by atoms with Gasteiger partial charge in [-0.25, -0.2) is 9.37 Å². The summed E-state index contributed by atoms with van der Waals surface area (Å²) in [7, 11) is 0. The molecule has 2 unspecified atom stereocenters. The highest BCUT2D eigenvalue weighted by Crippen LogP contribution is 2.38. The lowest BCUT2D eigenvalue weighted by Gasteiger charge is -2.27. The van der Waals surface area contributed by atoms with E-state index >= 15 is 0 Å². The number of unbranched alkanes of at least 4 members (excludes halogenated alkanes) is 1. The molecule has 1 aliphatic heterocycles. The number of hydrogen-bond acceptors (Lipinski definition) is 7. The summed E-state index contributed by atoms with van der Waals surface area (Å²) in [6.07, 6.45) is 0.548. The van der Waals surface area contributed by atoms with Crippen LogP contribution in [0.5, 0.6) is 0 Å². The van der Waals surface area contributed by atoms with Crippen LogP contribution in [0.1, 0.15) is 61.2 Å². The highest BCUT2D eigenvalue weighted by atomic mass is 19.1. The topological polar surface area (TPSA) is 138 Å². The monoisotopic (exact) mass is 554 g/mol. The van der Waals surface area contributed by atoms with Gasteiger partial charge in [0, 0.05) is 24.8 Å². The summed E-state index contributed by atoms with van der Waals surface area (Å²) in [5.41, 5.74) is 1.86. The van der Waals surface area contributed by atoms with Crippen molar-refractivity contribution in [2.75, 3.05) is 0 Å². The van der Waals surface area contributed by atoms with Crippen LogP contribution in [0.15, 0.2) is 76.7 Å². The van der Waals surface area contributed by atoms with Crippen molar-refractivity contribution < 1.29 is 24.2 Å². The molecular weight excluding hydrogens is 527 g/mol. The van der Waals surface area contributed by atoms with E-state index in [1.165, 1.54) is 28.8 Å². The third kappa shape index (κ3) is 5.71. The number of nitrogens with zero attached hydrogens (tertiary/aromatic N) is 4. The maximum absolute atomic E-state index is 13.6. The number of carboxylic acids is 1. The number of aliphatic hydroxyl groups is 1. The molecule has 2 heterocycles. The summed E-state index contributed by atoms with van der Waals surface area (Å²) in [6, 6.07) is 19.4. The minimum absolute atomic E-state index is 0.00538. The van der Waals surface area contributed by atoms with E-state index in [-0.39, 0.29) is 18.4 Å². The molecule has 41 heavy (non-hydrogen) atoms. The van der Waals surface area contributed by atoms with E-state index in [1.807, 2.05) is 0 Å². The maximum atomic E-state index is 13.6. The molecule has 0 saturated heterocycles. The van der Waals surface area contributed by atoms with Crippen LogP contribution >= 0.6 is 0 Å². The average molecular weight is 555 g/mol. The third-order valence-electron chi connectivity index (χ3n) is 7.21. The molecule has 9 nitrogen and oxygen atoms in total. The van der Waals surface area contributed by atoms with Gasteiger partial charge < -0.3 is 15.1 Å². The van der Waals surface area contributed by atoms with Crippen LogP contribution in [0.25, 0.3) is 16.6 Å². The Labute approximate surface area is 234 Å². The predicted molar refractivity (Wildman–Crippen MR) is 149 cm³/mol. The molecule has 208 valence electrons. The summed E-state index contributed by atoms with van der Waals surface area (Å²) >= 11 is 0. The molecular formula is C31H27FN4O5. The van der Waals surface area contributed by atoms with Crippen LogP contribution in [-0.2, 0) is 16.1 Å². The predicted octanol–water partition coefficient (Wildman–Crippen LogP) is 4.81. The van der Waals surface area contributed by atoms with Crippen molar-refractivity contribution in [3.05, 3.63) is 105 Å². The summed E-state index contributed by atoms with van der Waals surface area (Å²) in [5.74, 6) is -0.894. The first-order valence-corrected chi connectivity index (χ1v) is 13.2. The Kier molecular flexibility index (Phi) is 7.64. The first-order chi connectivity index (χ1) is 19.7. The zero-order chi connectivity index (χ0) is 29.1. The second-order valence-corrected chi connectivity index (χ2v) is 10.2. The van der Waals surface area contributed by atoms with E-state index in [0.29, 0.717) is 64.1 Å². The molecule has 5 rings (SSSR count). The van der Waals surface area contributed by atoms with Crippen molar-refractivity contribution in [1.29, 1.82) is 5.26 Å². The summed E-state index contributed by atoms with van der Waals surface area (Å²) in [6.45, 7) is 1.75. The van der Waals surface area contributed by atoms with Crippen LogP contribution in [0.3, 0.4) is 0 Å². The van der Waals surface area contributed by atoms with Gasteiger partial charge in [0.15, 0.2) is 5.60 Å². The number of fused-ring (bicyclic) bond motifs is 1. The summed E-state index contributed by atoms with van der Waals surface area (Å²) in [5, 5.41) is 33.7. The Morgan fingerprint density at radius 1 is 1.15 bits per heavy atom. The molecule has 2 N–H and O–H groups in total. The molecule has 0 fully saturated rings. The van der Waals surface area contributed by atoms with Gasteiger partial charge in [0.05, 0.1) is 33.9 Å². The normalized spacial score (nSPS) is 17.1. The Hall–Kier alpha value is -4.88. The van der Waals surface area contributed by atoms with Gasteiger partial charge in [-0.1, -0.05) is 23.4 Å². The van der Waals surface area contributed by atoms with Crippen LogP contribution in [0.2, 0.25) is 0 Å². The number of carbonyl (C=O) groups is 1. The summed E-state index contributed by atoms with van der Waals surface area (Å²) < 4.78 is 15.0. The molecule has 0 saturated carbocycles. The number of aliphatic hydroxyl groups excluding tert-OH is 1. The Balaban J connectivity index is 1.46. The fraction of sp³-hybridized carbons (Fsp3) is 0.258. The number of benzene rings is 3. The van der Waals surface area contributed by atoms with E-state index < -0.39 is 23.5 Å². The van der Waals surface area contributed by atoms with E-state index in [0.717, 1.165) is 0 Å². The van der Waals surface area contributed by atoms with Gasteiger partial charge >= 0.3 is 5.97 Å². The molecule has 0 bridgehead atoms. The number of oxime groups is 1. The fourth-order valence-corrected chi connectivity index (χ4v) is 4.94. The van der Waals surface area contributed by atoms with Gasteiger partial charge in [-0.3, -0.25) is 14.2 Å². The average Bonchev–Trinajstić information content (AvgIpc) is 3.38. The number of nitriles is 1. The van der Waals surface area contributed by atoms with Crippen molar-refractivity contribution in [3.63, 3.8) is 0 Å².